The van der Waals surface area contributed by atoms with Gasteiger partial charge < -0.3 is 5.73 Å². The van der Waals surface area contributed by atoms with E-state index in [1.165, 1.54) is 12.8 Å². The number of nitrogens with two attached hydrogens (primary N) is 1. The molecular weight excluding hydrogens is 272 g/mol. The van der Waals surface area contributed by atoms with E-state index in [9.17, 15) is 8.42 Å². The van der Waals surface area contributed by atoms with Crippen molar-refractivity contribution in [1.82, 2.24) is 4.90 Å². The highest BCUT2D eigenvalue weighted by molar-refractivity contribution is 7.95. The molecule has 108 valence electrons. The molecule has 0 bridgehead atoms. The number of anilines is 1. The first-order valence-electron chi connectivity index (χ1n) is 7.15. The number of hydrogen-bond acceptors (Lipinski definition) is 4. The lowest BCUT2D eigenvalue weighted by Crippen LogP contribution is -2.28. The Balaban J connectivity index is 1.85. The maximum atomic E-state index is 12.5. The highest BCUT2D eigenvalue weighted by Crippen LogP contribution is 2.34. The molecule has 2 aliphatic heterocycles. The molecule has 2 heterocycles. The molecule has 0 aliphatic carbocycles. The molecule has 0 saturated carbocycles. The van der Waals surface area contributed by atoms with Gasteiger partial charge in [0.05, 0.1) is 9.80 Å². The van der Waals surface area contributed by atoms with E-state index in [0.29, 0.717) is 22.0 Å². The minimum absolute atomic E-state index is 0.363. The largest absolute Gasteiger partial charge is 0.399 e. The Labute approximate surface area is 120 Å². The number of sulfone groups is 1. The summed E-state index contributed by atoms with van der Waals surface area (Å²) in [4.78, 5) is 3.13. The fraction of sp³-hybridized carbons (Fsp3) is 0.467. The topological polar surface area (TPSA) is 63.4 Å². The third-order valence-corrected chi connectivity index (χ3v) is 5.94. The van der Waals surface area contributed by atoms with E-state index in [1.807, 2.05) is 0 Å². The maximum absolute atomic E-state index is 12.5. The predicted molar refractivity (Wildman–Crippen MR) is 80.9 cm³/mol. The van der Waals surface area contributed by atoms with Crippen molar-refractivity contribution in [2.75, 3.05) is 25.4 Å². The molecule has 4 nitrogen and oxygen atoms in total. The van der Waals surface area contributed by atoms with Gasteiger partial charge in [0.1, 0.15) is 0 Å². The molecule has 0 radical (unpaired) electrons. The minimum Gasteiger partial charge on any atom is -0.399 e. The summed E-state index contributed by atoms with van der Waals surface area (Å²) in [5.41, 5.74) is 6.97. The van der Waals surface area contributed by atoms with Crippen molar-refractivity contribution in [3.05, 3.63) is 28.7 Å². The number of hydrogen-bond donors (Lipinski definition) is 1. The lowest BCUT2D eigenvalue weighted by molar-refractivity contribution is 0.313. The quantitative estimate of drug-likeness (QED) is 0.849. The second-order valence-electron chi connectivity index (χ2n) is 5.60. The van der Waals surface area contributed by atoms with Gasteiger partial charge in [0.25, 0.3) is 0 Å². The Morgan fingerprint density at radius 1 is 1.10 bits per heavy atom. The summed E-state index contributed by atoms with van der Waals surface area (Å²) in [5.74, 6) is 0. The second kappa shape index (κ2) is 5.22. The smallest absolute Gasteiger partial charge is 0.204 e. The van der Waals surface area contributed by atoms with Crippen LogP contribution in [-0.2, 0) is 9.84 Å². The lowest BCUT2D eigenvalue weighted by Gasteiger charge is -2.19. The van der Waals surface area contributed by atoms with Crippen LogP contribution in [0.25, 0.3) is 6.08 Å². The molecule has 0 unspecified atom stereocenters. The third kappa shape index (κ3) is 2.47. The maximum Gasteiger partial charge on any atom is 0.204 e. The SMILES string of the molecule is Nc1ccc2c(c1)S(=O)(=O)C(CN1CCCCCC1)=C2. The van der Waals surface area contributed by atoms with Crippen LogP contribution >= 0.6 is 0 Å². The number of benzene rings is 1. The number of nitrogens with zero attached hydrogens (tertiary/aromatic N) is 1. The van der Waals surface area contributed by atoms with E-state index in [4.69, 9.17) is 5.73 Å². The van der Waals surface area contributed by atoms with Gasteiger partial charge in [-0.05, 0) is 49.7 Å². The molecule has 1 fully saturated rings. The number of fused-ring (bicyclic) bond motifs is 1. The van der Waals surface area contributed by atoms with Gasteiger partial charge in [0.2, 0.25) is 9.84 Å². The van der Waals surface area contributed by atoms with Crippen molar-refractivity contribution >= 4 is 21.6 Å². The standard InChI is InChI=1S/C15H20N2O2S/c16-13-6-5-12-9-14(20(18,19)15(12)10-13)11-17-7-3-1-2-4-8-17/h5-6,9-10H,1-4,7-8,11,16H2. The van der Waals surface area contributed by atoms with Crippen molar-refractivity contribution in [1.29, 1.82) is 0 Å². The van der Waals surface area contributed by atoms with E-state index < -0.39 is 9.84 Å². The number of nitrogen functional groups attached to an aromatic ring is 1. The van der Waals surface area contributed by atoms with Gasteiger partial charge in [-0.25, -0.2) is 8.42 Å². The Bertz CT molecular complexity index is 642. The molecule has 0 spiro atoms. The van der Waals surface area contributed by atoms with E-state index >= 15 is 0 Å². The zero-order valence-electron chi connectivity index (χ0n) is 11.5. The van der Waals surface area contributed by atoms with Crippen LogP contribution in [0.5, 0.6) is 0 Å². The molecule has 1 aromatic carbocycles. The van der Waals surface area contributed by atoms with E-state index in [0.717, 1.165) is 31.5 Å². The zero-order chi connectivity index (χ0) is 14.2. The van der Waals surface area contributed by atoms with Crippen molar-refractivity contribution in [3.63, 3.8) is 0 Å². The minimum atomic E-state index is -3.34. The molecule has 1 aromatic rings. The lowest BCUT2D eigenvalue weighted by atomic mass is 10.2. The van der Waals surface area contributed by atoms with Crippen molar-refractivity contribution < 1.29 is 8.42 Å². The summed E-state index contributed by atoms with van der Waals surface area (Å²) in [6, 6.07) is 5.11. The first-order valence-corrected chi connectivity index (χ1v) is 8.63. The Kier molecular flexibility index (Phi) is 3.56. The zero-order valence-corrected chi connectivity index (χ0v) is 12.3. The molecule has 0 atom stereocenters. The van der Waals surface area contributed by atoms with Gasteiger partial charge >= 0.3 is 0 Å². The number of rotatable bonds is 2. The van der Waals surface area contributed by atoms with Crippen LogP contribution in [0.1, 0.15) is 31.2 Å². The first-order chi connectivity index (χ1) is 9.57. The predicted octanol–water partition coefficient (Wildman–Crippen LogP) is 2.27. The Hall–Kier alpha value is -1.33. The summed E-state index contributed by atoms with van der Waals surface area (Å²) in [6.45, 7) is 2.51. The summed E-state index contributed by atoms with van der Waals surface area (Å²) in [7, 11) is -3.34. The van der Waals surface area contributed by atoms with Crippen molar-refractivity contribution in [2.24, 2.45) is 0 Å². The second-order valence-corrected chi connectivity index (χ2v) is 7.57. The fourth-order valence-corrected chi connectivity index (χ4v) is 4.59. The molecule has 20 heavy (non-hydrogen) atoms. The van der Waals surface area contributed by atoms with Crippen LogP contribution in [0.4, 0.5) is 5.69 Å². The average Bonchev–Trinajstić information content (AvgIpc) is 2.61. The normalized spacial score (nSPS) is 22.1. The van der Waals surface area contributed by atoms with Crippen molar-refractivity contribution in [2.45, 2.75) is 30.6 Å². The van der Waals surface area contributed by atoms with Crippen LogP contribution in [0.3, 0.4) is 0 Å². The molecular formula is C15H20N2O2S. The number of likely N-dealkylation sites (tertiary alicyclic amines) is 1. The Morgan fingerprint density at radius 3 is 2.50 bits per heavy atom. The van der Waals surface area contributed by atoms with Crippen LogP contribution in [0, 0.1) is 0 Å². The van der Waals surface area contributed by atoms with Gasteiger partial charge in [0, 0.05) is 12.2 Å². The molecule has 1 saturated heterocycles. The first kappa shape index (κ1) is 13.6. The van der Waals surface area contributed by atoms with Gasteiger partial charge in [-0.1, -0.05) is 18.9 Å². The highest BCUT2D eigenvalue weighted by Gasteiger charge is 2.30. The third-order valence-electron chi connectivity index (χ3n) is 4.07. The molecule has 2 N–H and O–H groups in total. The molecule has 2 aliphatic rings. The molecule has 3 rings (SSSR count). The highest BCUT2D eigenvalue weighted by atomic mass is 32.2. The summed E-state index contributed by atoms with van der Waals surface area (Å²) in [5, 5.41) is 0. The van der Waals surface area contributed by atoms with Gasteiger partial charge in [0.15, 0.2) is 0 Å². The van der Waals surface area contributed by atoms with Crippen LogP contribution in [0.2, 0.25) is 0 Å². The summed E-state index contributed by atoms with van der Waals surface area (Å²) < 4.78 is 25.1. The van der Waals surface area contributed by atoms with E-state index in [2.05, 4.69) is 4.90 Å². The van der Waals surface area contributed by atoms with Gasteiger partial charge in [-0.3, -0.25) is 4.90 Å². The van der Waals surface area contributed by atoms with Crippen LogP contribution in [-0.4, -0.2) is 33.0 Å². The monoisotopic (exact) mass is 292 g/mol. The fourth-order valence-electron chi connectivity index (χ4n) is 2.94. The molecule has 5 heteroatoms. The summed E-state index contributed by atoms with van der Waals surface area (Å²) >= 11 is 0. The van der Waals surface area contributed by atoms with Gasteiger partial charge in [-0.2, -0.15) is 0 Å². The van der Waals surface area contributed by atoms with Gasteiger partial charge in [-0.15, -0.1) is 0 Å². The average molecular weight is 292 g/mol. The van der Waals surface area contributed by atoms with Crippen molar-refractivity contribution in [3.8, 4) is 0 Å². The van der Waals surface area contributed by atoms with Crippen LogP contribution < -0.4 is 5.73 Å². The van der Waals surface area contributed by atoms with E-state index in [1.54, 1.807) is 24.3 Å². The molecule has 0 amide bonds. The molecule has 0 aromatic heterocycles. The van der Waals surface area contributed by atoms with E-state index in [-0.39, 0.29) is 0 Å². The van der Waals surface area contributed by atoms with Crippen LogP contribution in [0.15, 0.2) is 28.0 Å². The Morgan fingerprint density at radius 2 is 1.80 bits per heavy atom. The summed E-state index contributed by atoms with van der Waals surface area (Å²) in [6.07, 6.45) is 6.62.